The lowest BCUT2D eigenvalue weighted by Gasteiger charge is -2.28. The predicted octanol–water partition coefficient (Wildman–Crippen LogP) is 7.94. The van der Waals surface area contributed by atoms with Gasteiger partial charge in [-0.2, -0.15) is 0 Å². The maximum absolute atomic E-state index is 13.3. The minimum atomic E-state index is -1.69. The number of aliphatic hydroxyl groups is 2. The van der Waals surface area contributed by atoms with Crippen LogP contribution in [0.3, 0.4) is 0 Å². The number of carbonyl (C=O) groups is 6. The van der Waals surface area contributed by atoms with Crippen LogP contribution in [0.15, 0.2) is 67.3 Å². The number of ether oxygens (including phenoxy) is 1. The number of unbranched alkanes of at least 4 members (excludes halogenated alkanes) is 1. The molecule has 1 saturated carbocycles. The van der Waals surface area contributed by atoms with Crippen LogP contribution in [0, 0.1) is 11.8 Å². The molecule has 0 radical (unpaired) electrons. The molecule has 5 amide bonds. The first-order chi connectivity index (χ1) is 31.8. The van der Waals surface area contributed by atoms with Gasteiger partial charge < -0.3 is 41.1 Å². The summed E-state index contributed by atoms with van der Waals surface area (Å²) in [6, 6.07) is 5.59. The molecule has 1 aliphatic heterocycles. The molecule has 0 spiro atoms. The zero-order valence-corrected chi connectivity index (χ0v) is 42.6. The van der Waals surface area contributed by atoms with E-state index in [9.17, 15) is 33.9 Å². The molecular formula is C53H89N5O9. The maximum atomic E-state index is 13.3. The number of benzene rings is 1. The Kier molecular flexibility index (Phi) is 33.6. The van der Waals surface area contributed by atoms with E-state index in [0.29, 0.717) is 44.4 Å². The van der Waals surface area contributed by atoms with Gasteiger partial charge in [0, 0.05) is 19.6 Å². The Bertz CT molecular complexity index is 1640. The van der Waals surface area contributed by atoms with Gasteiger partial charge in [0.1, 0.15) is 11.6 Å². The number of esters is 1. The molecule has 2 aliphatic rings. The van der Waals surface area contributed by atoms with Crippen molar-refractivity contribution < 1.29 is 43.7 Å². The van der Waals surface area contributed by atoms with Gasteiger partial charge in [0.15, 0.2) is 12.1 Å². The zero-order valence-electron chi connectivity index (χ0n) is 42.6. The second-order valence-electron chi connectivity index (χ2n) is 18.4. The van der Waals surface area contributed by atoms with Gasteiger partial charge in [0.05, 0.1) is 19.1 Å². The zero-order chi connectivity index (χ0) is 50.8. The summed E-state index contributed by atoms with van der Waals surface area (Å²) in [6.07, 6.45) is 18.8. The topological polar surface area (TPSA) is 203 Å². The Balaban J connectivity index is 0.00000178. The van der Waals surface area contributed by atoms with Gasteiger partial charge in [-0.05, 0) is 90.0 Å². The molecule has 1 aromatic carbocycles. The summed E-state index contributed by atoms with van der Waals surface area (Å²) in [5.74, 6) is -2.23. The highest BCUT2D eigenvalue weighted by Gasteiger charge is 2.37. The lowest BCUT2D eigenvalue weighted by atomic mass is 9.91. The number of allylic oxidation sites excluding steroid dienone is 4. The molecule has 1 aromatic rings. The molecule has 5 atom stereocenters. The second kappa shape index (κ2) is 36.3. The van der Waals surface area contributed by atoms with Crippen molar-refractivity contribution in [1.29, 1.82) is 0 Å². The molecule has 67 heavy (non-hydrogen) atoms. The van der Waals surface area contributed by atoms with Gasteiger partial charge >= 0.3 is 5.97 Å². The molecular weight excluding hydrogens is 851 g/mol. The largest absolute Gasteiger partial charge is 0.458 e. The number of amides is 5. The smallest absolute Gasteiger partial charge is 0.333 e. The van der Waals surface area contributed by atoms with E-state index in [-0.39, 0.29) is 31.2 Å². The first kappa shape index (κ1) is 62.2. The molecule has 3 rings (SSSR count). The fourth-order valence-corrected chi connectivity index (χ4v) is 7.08. The van der Waals surface area contributed by atoms with Crippen LogP contribution in [0.4, 0.5) is 0 Å². The van der Waals surface area contributed by atoms with Crippen LogP contribution in [-0.2, 0) is 33.5 Å². The number of hydrogen-bond donors (Lipinski definition) is 6. The van der Waals surface area contributed by atoms with Gasteiger partial charge in [0.2, 0.25) is 23.6 Å². The van der Waals surface area contributed by atoms with E-state index < -0.39 is 66.0 Å². The van der Waals surface area contributed by atoms with Crippen LogP contribution in [0.5, 0.6) is 0 Å². The summed E-state index contributed by atoms with van der Waals surface area (Å²) in [4.78, 5) is 78.2. The van der Waals surface area contributed by atoms with Crippen LogP contribution in [0.2, 0.25) is 0 Å². The summed E-state index contributed by atoms with van der Waals surface area (Å²) >= 11 is 0. The number of carbonyl (C=O) groups excluding carboxylic acids is 6. The van der Waals surface area contributed by atoms with Gasteiger partial charge in [-0.15, -0.1) is 6.58 Å². The van der Waals surface area contributed by atoms with Crippen LogP contribution in [-0.4, -0.2) is 101 Å². The van der Waals surface area contributed by atoms with Crippen molar-refractivity contribution in [2.75, 3.05) is 26.2 Å². The Labute approximate surface area is 403 Å². The molecule has 1 heterocycles. The van der Waals surface area contributed by atoms with Crippen LogP contribution in [0.25, 0.3) is 0 Å². The third kappa shape index (κ3) is 28.2. The molecule has 0 bridgehead atoms. The minimum Gasteiger partial charge on any atom is -0.458 e. The molecule has 2 fully saturated rings. The first-order valence-corrected chi connectivity index (χ1v) is 24.7. The van der Waals surface area contributed by atoms with Gasteiger partial charge in [-0.1, -0.05) is 140 Å². The SMILES string of the molecule is C=C/C(=C\C)CCCC.C=CC(C)CCC(=O)NCC(=O)N1CCCC1C(=O)NC(CCC)C(O)C(=O)NCC(=O)NC(C(=O)OC(C)(C)C)c1ccccc1.CC1CCCCC1.CCCO. The number of hydrogen-bond acceptors (Lipinski definition) is 9. The standard InChI is InChI=1S/C34H51N5O8.C9H16.C7H14.C3H8O/c1-7-13-24(37-31(44)25-16-12-19-39(25)28(42)21-35-26(40)18-17-22(3)8-2)30(43)32(45)36-20-27(41)38-29(23-14-10-9-11-15-23)33(46)47-34(4,5)6;1-4-7-8-9(5-2)6-3;1-7-5-3-2-4-6-7;1-2-3-4/h8-11,14-15,22,24-25,29-30,43H,2,7,12-13,16-21H2,1,3-6H3,(H,35,40)(H,36,45)(H,37,44)(H,38,41);5-6H,2,4,7-8H2,1,3H3;7H,2-6H2,1H3;4H,2-3H2,1H3/b;9-6+;;. The van der Waals surface area contributed by atoms with E-state index in [4.69, 9.17) is 9.84 Å². The monoisotopic (exact) mass is 940 g/mol. The fourth-order valence-electron chi connectivity index (χ4n) is 7.08. The Hall–Kier alpha value is -4.82. The fraction of sp³-hybridized carbons (Fsp3) is 0.660. The lowest BCUT2D eigenvalue weighted by molar-refractivity contribution is -0.158. The van der Waals surface area contributed by atoms with Gasteiger partial charge in [-0.3, -0.25) is 24.0 Å². The predicted molar refractivity (Wildman–Crippen MR) is 268 cm³/mol. The highest BCUT2D eigenvalue weighted by molar-refractivity contribution is 5.92. The van der Waals surface area contributed by atoms with E-state index in [1.54, 1.807) is 57.2 Å². The molecule has 14 nitrogen and oxygen atoms in total. The molecule has 380 valence electrons. The average Bonchev–Trinajstić information content (AvgIpc) is 3.82. The van der Waals surface area contributed by atoms with Crippen molar-refractivity contribution in [3.8, 4) is 0 Å². The van der Waals surface area contributed by atoms with Crippen molar-refractivity contribution in [3.05, 3.63) is 72.9 Å². The highest BCUT2D eigenvalue weighted by atomic mass is 16.6. The van der Waals surface area contributed by atoms with Gasteiger partial charge in [0.25, 0.3) is 5.91 Å². The van der Waals surface area contributed by atoms with Crippen molar-refractivity contribution >= 4 is 35.5 Å². The molecule has 6 N–H and O–H groups in total. The molecule has 0 aromatic heterocycles. The quantitative estimate of drug-likeness (QED) is 0.0379. The van der Waals surface area contributed by atoms with E-state index in [0.717, 1.165) is 12.3 Å². The van der Waals surface area contributed by atoms with E-state index in [1.807, 2.05) is 26.8 Å². The van der Waals surface area contributed by atoms with Crippen molar-refractivity contribution in [3.63, 3.8) is 0 Å². The minimum absolute atomic E-state index is 0.171. The molecule has 14 heteroatoms. The van der Waals surface area contributed by atoms with Crippen LogP contribution in [0.1, 0.15) is 170 Å². The Morgan fingerprint density at radius 2 is 1.49 bits per heavy atom. The summed E-state index contributed by atoms with van der Waals surface area (Å²) in [6.45, 7) is 24.7. The number of aliphatic hydroxyl groups excluding tert-OH is 2. The van der Waals surface area contributed by atoms with Crippen molar-refractivity contribution in [2.24, 2.45) is 11.8 Å². The number of nitrogens with zero attached hydrogens (tertiary/aromatic N) is 1. The van der Waals surface area contributed by atoms with E-state index >= 15 is 0 Å². The summed E-state index contributed by atoms with van der Waals surface area (Å²) < 4.78 is 5.46. The normalized spacial score (nSPS) is 16.6. The van der Waals surface area contributed by atoms with Crippen LogP contribution < -0.4 is 21.3 Å². The van der Waals surface area contributed by atoms with Crippen molar-refractivity contribution in [2.45, 2.75) is 188 Å². The number of nitrogens with one attached hydrogen (secondary N) is 4. The van der Waals surface area contributed by atoms with Gasteiger partial charge in [-0.25, -0.2) is 4.79 Å². The second-order valence-corrected chi connectivity index (χ2v) is 18.4. The van der Waals surface area contributed by atoms with Crippen molar-refractivity contribution in [1.82, 2.24) is 26.2 Å². The Morgan fingerprint density at radius 1 is 0.851 bits per heavy atom. The molecule has 5 unspecified atom stereocenters. The summed E-state index contributed by atoms with van der Waals surface area (Å²) in [5.41, 5.74) is 1.07. The maximum Gasteiger partial charge on any atom is 0.333 e. The third-order valence-corrected chi connectivity index (χ3v) is 11.2. The third-order valence-electron chi connectivity index (χ3n) is 11.2. The number of rotatable bonds is 22. The van der Waals surface area contributed by atoms with E-state index in [2.05, 4.69) is 61.3 Å². The Morgan fingerprint density at radius 3 is 2.00 bits per heavy atom. The van der Waals surface area contributed by atoms with E-state index in [1.165, 1.54) is 61.8 Å². The molecule has 1 aliphatic carbocycles. The van der Waals surface area contributed by atoms with Crippen LogP contribution >= 0.6 is 0 Å². The average molecular weight is 940 g/mol. The first-order valence-electron chi connectivity index (χ1n) is 24.7. The lowest BCUT2D eigenvalue weighted by Crippen LogP contribution is -2.56. The molecule has 1 saturated heterocycles. The summed E-state index contributed by atoms with van der Waals surface area (Å²) in [7, 11) is 0. The highest BCUT2D eigenvalue weighted by Crippen LogP contribution is 2.22. The summed E-state index contributed by atoms with van der Waals surface area (Å²) in [5, 5.41) is 29.0. The number of likely N-dealkylation sites (tertiary alicyclic amines) is 1.